The molecule has 3 atom stereocenters. The van der Waals surface area contributed by atoms with Crippen LogP contribution < -0.4 is 15.1 Å². The van der Waals surface area contributed by atoms with Gasteiger partial charge < -0.3 is 34.4 Å². The van der Waals surface area contributed by atoms with Gasteiger partial charge >= 0.3 is 12.2 Å². The highest BCUT2D eigenvalue weighted by molar-refractivity contribution is 5.69. The van der Waals surface area contributed by atoms with E-state index in [1.54, 1.807) is 29.4 Å². The van der Waals surface area contributed by atoms with Crippen LogP contribution in [0.3, 0.4) is 0 Å². The zero-order valence-electron chi connectivity index (χ0n) is 33.0. The van der Waals surface area contributed by atoms with Crippen molar-refractivity contribution >= 4 is 23.6 Å². The molecule has 0 aromatic carbocycles. The lowest BCUT2D eigenvalue weighted by atomic mass is 9.95. The van der Waals surface area contributed by atoms with E-state index in [2.05, 4.69) is 34.0 Å². The molecule has 3 fully saturated rings. The summed E-state index contributed by atoms with van der Waals surface area (Å²) in [6.07, 6.45) is 10.7. The van der Waals surface area contributed by atoms with Gasteiger partial charge in [-0.15, -0.1) is 0 Å². The molecule has 3 aliphatic rings. The molecule has 2 aromatic rings. The Morgan fingerprint density at radius 3 is 1.75 bits per heavy atom. The van der Waals surface area contributed by atoms with Crippen molar-refractivity contribution in [1.29, 1.82) is 0 Å². The van der Waals surface area contributed by atoms with Crippen molar-refractivity contribution < 1.29 is 27.8 Å². The zero-order valence-corrected chi connectivity index (χ0v) is 33.0. The molecule has 0 aliphatic carbocycles. The summed E-state index contributed by atoms with van der Waals surface area (Å²) in [6, 6.07) is 3.73. The smallest absolute Gasteiger partial charge is 0.410 e. The normalized spacial score (nSPS) is 20.9. The van der Waals surface area contributed by atoms with E-state index < -0.39 is 11.2 Å². The molecule has 2 amide bonds. The second-order valence-electron chi connectivity index (χ2n) is 15.6. The third-order valence-corrected chi connectivity index (χ3v) is 9.31. The summed E-state index contributed by atoms with van der Waals surface area (Å²) in [7, 11) is 0. The molecular formula is C39H63F2N7O4. The van der Waals surface area contributed by atoms with Gasteiger partial charge in [0.25, 0.3) is 0 Å². The number of nitrogens with one attached hydrogen (secondary N) is 1. The topological polar surface area (TPSA) is 103 Å². The monoisotopic (exact) mass is 731 g/mol. The van der Waals surface area contributed by atoms with Crippen LogP contribution in [0.5, 0.6) is 0 Å². The average molecular weight is 732 g/mol. The Balaban J connectivity index is 0.000000217. The number of carbonyl (C=O) groups is 2. The number of nitrogens with zero attached hydrogens (tertiary/aromatic N) is 6. The van der Waals surface area contributed by atoms with E-state index in [9.17, 15) is 18.4 Å². The largest absolute Gasteiger partial charge is 0.444 e. The quantitative estimate of drug-likeness (QED) is 0.335. The van der Waals surface area contributed by atoms with Gasteiger partial charge in [0.1, 0.15) is 11.2 Å². The first kappa shape index (κ1) is 42.7. The number of carbonyl (C=O) groups excluding carboxylic acids is 2. The van der Waals surface area contributed by atoms with E-state index in [0.29, 0.717) is 36.9 Å². The molecule has 0 radical (unpaired) electrons. The second kappa shape index (κ2) is 19.9. The first-order valence-corrected chi connectivity index (χ1v) is 19.0. The van der Waals surface area contributed by atoms with E-state index >= 15 is 0 Å². The molecule has 13 heteroatoms. The standard InChI is InChI=1S/C16H24FN3O2.C12H17FN2.C11H22N2O2/c1-5-12-11-19(14-6-7-18-10-13(14)17)8-9-20(12)15(21)22-16(2,3)4;1-2-10-4-3-7-15(9-10)12-5-6-14-8-11(12)13;1-5-9-8-12-6-7-13(9)10(14)15-11(2,3)4/h6-7,10,12H,5,8-9,11H2,1-4H3;5-6,8,10H,2-4,7,9H2,1H3;9,12H,5-8H2,1-4H3/t12-;10-;9-/m101/s1. The van der Waals surface area contributed by atoms with E-state index in [0.717, 1.165) is 45.6 Å². The Bertz CT molecular complexity index is 1400. The minimum atomic E-state index is -0.510. The summed E-state index contributed by atoms with van der Waals surface area (Å²) in [6.45, 7) is 23.7. The van der Waals surface area contributed by atoms with E-state index in [1.807, 2.05) is 58.3 Å². The van der Waals surface area contributed by atoms with Gasteiger partial charge in [0.15, 0.2) is 11.6 Å². The van der Waals surface area contributed by atoms with Gasteiger partial charge in [-0.2, -0.15) is 0 Å². The predicted octanol–water partition coefficient (Wildman–Crippen LogP) is 7.51. The Morgan fingerprint density at radius 1 is 0.750 bits per heavy atom. The molecule has 0 unspecified atom stereocenters. The van der Waals surface area contributed by atoms with Crippen LogP contribution in [0.15, 0.2) is 36.9 Å². The van der Waals surface area contributed by atoms with Gasteiger partial charge in [0.2, 0.25) is 0 Å². The number of hydrogen-bond donors (Lipinski definition) is 1. The van der Waals surface area contributed by atoms with Crippen molar-refractivity contribution in [3.63, 3.8) is 0 Å². The number of ether oxygens (including phenoxy) is 2. The first-order valence-electron chi connectivity index (χ1n) is 19.0. The molecule has 0 spiro atoms. The molecule has 5 rings (SSSR count). The van der Waals surface area contributed by atoms with Crippen molar-refractivity contribution in [2.45, 2.75) is 118 Å². The van der Waals surface area contributed by atoms with Crippen molar-refractivity contribution in [3.8, 4) is 0 Å². The highest BCUT2D eigenvalue weighted by Gasteiger charge is 2.33. The number of hydrogen-bond acceptors (Lipinski definition) is 9. The Kier molecular flexibility index (Phi) is 16.3. The minimum Gasteiger partial charge on any atom is -0.444 e. The minimum absolute atomic E-state index is 0.0103. The van der Waals surface area contributed by atoms with E-state index in [-0.39, 0.29) is 35.9 Å². The van der Waals surface area contributed by atoms with Crippen molar-refractivity contribution in [2.24, 2.45) is 5.92 Å². The van der Waals surface area contributed by atoms with Gasteiger partial charge in [0, 0.05) is 70.8 Å². The second-order valence-corrected chi connectivity index (χ2v) is 15.6. The number of amides is 2. The summed E-state index contributed by atoms with van der Waals surface area (Å²) < 4.78 is 38.2. The van der Waals surface area contributed by atoms with Gasteiger partial charge in [-0.25, -0.2) is 18.4 Å². The van der Waals surface area contributed by atoms with Crippen LogP contribution in [0.4, 0.5) is 29.7 Å². The molecule has 3 saturated heterocycles. The van der Waals surface area contributed by atoms with E-state index in [1.165, 1.54) is 31.7 Å². The molecule has 5 heterocycles. The van der Waals surface area contributed by atoms with Gasteiger partial charge in [0.05, 0.1) is 29.8 Å². The van der Waals surface area contributed by atoms with Crippen LogP contribution in [-0.4, -0.2) is 108 Å². The summed E-state index contributed by atoms with van der Waals surface area (Å²) in [5.74, 6) is 0.184. The highest BCUT2D eigenvalue weighted by Crippen LogP contribution is 2.27. The lowest BCUT2D eigenvalue weighted by Gasteiger charge is -2.42. The maximum absolute atomic E-state index is 13.9. The molecular weight excluding hydrogens is 668 g/mol. The molecule has 292 valence electrons. The highest BCUT2D eigenvalue weighted by atomic mass is 19.1. The molecule has 52 heavy (non-hydrogen) atoms. The molecule has 0 bridgehead atoms. The van der Waals surface area contributed by atoms with Crippen LogP contribution in [0.2, 0.25) is 0 Å². The number of pyridine rings is 2. The van der Waals surface area contributed by atoms with Gasteiger partial charge in [-0.1, -0.05) is 27.2 Å². The van der Waals surface area contributed by atoms with Crippen LogP contribution in [0.1, 0.15) is 94.4 Å². The third-order valence-electron chi connectivity index (χ3n) is 9.31. The fraction of sp³-hybridized carbons (Fsp3) is 0.692. The molecule has 1 N–H and O–H groups in total. The lowest BCUT2D eigenvalue weighted by molar-refractivity contribution is 0.0112. The lowest BCUT2D eigenvalue weighted by Crippen LogP contribution is -2.56. The van der Waals surface area contributed by atoms with Crippen LogP contribution in [-0.2, 0) is 9.47 Å². The number of rotatable bonds is 5. The number of piperidine rings is 1. The van der Waals surface area contributed by atoms with Crippen molar-refractivity contribution in [2.75, 3.05) is 62.2 Å². The molecule has 0 saturated carbocycles. The summed E-state index contributed by atoms with van der Waals surface area (Å²) >= 11 is 0. The summed E-state index contributed by atoms with van der Waals surface area (Å²) in [5, 5.41) is 3.28. The first-order chi connectivity index (χ1) is 24.6. The molecule has 2 aromatic heterocycles. The maximum Gasteiger partial charge on any atom is 0.410 e. The SMILES string of the molecule is CC[C@@H]1CN(c2ccncc2F)CCN1C(=O)OC(C)(C)C.CC[C@@H]1CNCCN1C(=O)OC(C)(C)C.CC[C@H]1CCCN(c2ccncc2F)C1. The third kappa shape index (κ3) is 13.3. The van der Waals surface area contributed by atoms with E-state index in [4.69, 9.17) is 9.47 Å². The van der Waals surface area contributed by atoms with Gasteiger partial charge in [-0.3, -0.25) is 9.97 Å². The van der Waals surface area contributed by atoms with Crippen LogP contribution in [0.25, 0.3) is 0 Å². The predicted molar refractivity (Wildman–Crippen MR) is 203 cm³/mol. The fourth-order valence-corrected chi connectivity index (χ4v) is 6.54. The molecule has 3 aliphatic heterocycles. The maximum atomic E-state index is 13.9. The Labute approximate surface area is 310 Å². The van der Waals surface area contributed by atoms with Crippen molar-refractivity contribution in [1.82, 2.24) is 25.1 Å². The summed E-state index contributed by atoms with van der Waals surface area (Å²) in [5.41, 5.74) is 0.338. The Hall–Kier alpha value is -3.74. The van der Waals surface area contributed by atoms with Crippen LogP contribution >= 0.6 is 0 Å². The number of aromatic nitrogens is 2. The van der Waals surface area contributed by atoms with Crippen LogP contribution in [0, 0.1) is 17.6 Å². The number of halogens is 2. The number of piperazine rings is 2. The Morgan fingerprint density at radius 2 is 1.27 bits per heavy atom. The van der Waals surface area contributed by atoms with Crippen molar-refractivity contribution in [3.05, 3.63) is 48.6 Å². The zero-order chi connectivity index (χ0) is 38.5. The fourth-order valence-electron chi connectivity index (χ4n) is 6.54. The number of anilines is 2. The summed E-state index contributed by atoms with van der Waals surface area (Å²) in [4.78, 5) is 39.4. The molecule has 11 nitrogen and oxygen atoms in total. The van der Waals surface area contributed by atoms with Gasteiger partial charge in [-0.05, 0) is 85.3 Å². The average Bonchev–Trinajstić information content (AvgIpc) is 3.11.